The van der Waals surface area contributed by atoms with Crippen LogP contribution in [0.5, 0.6) is 17.2 Å². The molecule has 1 aromatic carbocycles. The Morgan fingerprint density at radius 3 is 2.45 bits per heavy atom. The fraction of sp³-hybridized carbons (Fsp3) is 0.429. The highest BCUT2D eigenvalue weighted by Gasteiger charge is 2.52. The smallest absolute Gasteiger partial charge is 0.162 e. The second kappa shape index (κ2) is 5.17. The molecule has 1 aliphatic carbocycles. The Labute approximate surface area is 131 Å². The van der Waals surface area contributed by atoms with Crippen molar-refractivity contribution in [3.63, 3.8) is 0 Å². The average molecular weight is 333 g/mol. The number of methoxy groups -OCH3 is 2. The van der Waals surface area contributed by atoms with Gasteiger partial charge in [0, 0.05) is 27.5 Å². The summed E-state index contributed by atoms with van der Waals surface area (Å²) < 4.78 is 16.9. The molecule has 20 heavy (non-hydrogen) atoms. The zero-order valence-electron chi connectivity index (χ0n) is 11.1. The highest BCUT2D eigenvalue weighted by molar-refractivity contribution is 7.17. The third kappa shape index (κ3) is 2.52. The highest BCUT2D eigenvalue weighted by Crippen LogP contribution is 2.53. The third-order valence-corrected chi connectivity index (χ3v) is 5.29. The largest absolute Gasteiger partial charge is 0.493 e. The molecule has 0 radical (unpaired) electrons. The zero-order chi connectivity index (χ0) is 14.3. The number of hydrogen-bond acceptors (Lipinski definition) is 4. The van der Waals surface area contributed by atoms with Crippen LogP contribution in [0.15, 0.2) is 17.5 Å². The van der Waals surface area contributed by atoms with E-state index in [4.69, 9.17) is 37.4 Å². The first-order valence-corrected chi connectivity index (χ1v) is 7.82. The van der Waals surface area contributed by atoms with Crippen LogP contribution in [0.3, 0.4) is 0 Å². The minimum absolute atomic E-state index is 0.209. The van der Waals surface area contributed by atoms with Gasteiger partial charge >= 0.3 is 0 Å². The number of ether oxygens (including phenoxy) is 3. The van der Waals surface area contributed by atoms with E-state index in [0.717, 1.165) is 28.0 Å². The summed E-state index contributed by atoms with van der Waals surface area (Å²) >= 11 is 13.6. The molecular formula is C14H14Cl2O3S. The molecule has 0 spiro atoms. The molecule has 0 amide bonds. The van der Waals surface area contributed by atoms with Crippen LogP contribution in [0.2, 0.25) is 0 Å². The first kappa shape index (κ1) is 14.1. The molecule has 0 bridgehead atoms. The van der Waals surface area contributed by atoms with E-state index in [0.29, 0.717) is 12.4 Å². The maximum absolute atomic E-state index is 6.00. The van der Waals surface area contributed by atoms with Gasteiger partial charge in [0.05, 0.1) is 20.8 Å². The van der Waals surface area contributed by atoms with Crippen molar-refractivity contribution in [2.24, 2.45) is 5.92 Å². The van der Waals surface area contributed by atoms with Gasteiger partial charge in [0.15, 0.2) is 11.5 Å². The number of fused-ring (bicyclic) bond motifs is 1. The van der Waals surface area contributed by atoms with Crippen molar-refractivity contribution >= 4 is 44.6 Å². The second-order valence-electron chi connectivity index (χ2n) is 4.78. The molecule has 1 saturated carbocycles. The molecule has 6 heteroatoms. The Balaban J connectivity index is 1.84. The molecule has 3 rings (SSSR count). The molecular weight excluding hydrogens is 319 g/mol. The van der Waals surface area contributed by atoms with Crippen LogP contribution >= 0.6 is 34.5 Å². The minimum Gasteiger partial charge on any atom is -0.493 e. The van der Waals surface area contributed by atoms with Gasteiger partial charge in [0.1, 0.15) is 10.1 Å². The average Bonchev–Trinajstić information content (AvgIpc) is 2.88. The molecule has 1 aliphatic rings. The monoisotopic (exact) mass is 332 g/mol. The van der Waals surface area contributed by atoms with E-state index in [-0.39, 0.29) is 5.92 Å². The van der Waals surface area contributed by atoms with Crippen molar-refractivity contribution in [2.45, 2.75) is 10.8 Å². The molecule has 1 unspecified atom stereocenters. The predicted octanol–water partition coefficient (Wildman–Crippen LogP) is 4.49. The second-order valence-corrected chi connectivity index (χ2v) is 7.23. The van der Waals surface area contributed by atoms with Gasteiger partial charge in [-0.2, -0.15) is 0 Å². The van der Waals surface area contributed by atoms with Crippen LogP contribution in [0.4, 0.5) is 0 Å². The van der Waals surface area contributed by atoms with E-state index in [1.54, 1.807) is 25.6 Å². The molecule has 2 aromatic rings. The number of hydrogen-bond donors (Lipinski definition) is 0. The molecule has 0 saturated heterocycles. The number of halogens is 2. The van der Waals surface area contributed by atoms with E-state index in [9.17, 15) is 0 Å². The first-order valence-electron chi connectivity index (χ1n) is 6.19. The Bertz CT molecular complexity index is 639. The summed E-state index contributed by atoms with van der Waals surface area (Å²) in [5.41, 5.74) is 0. The normalized spacial score (nSPS) is 19.9. The number of benzene rings is 1. The molecule has 3 nitrogen and oxygen atoms in total. The van der Waals surface area contributed by atoms with Crippen molar-refractivity contribution in [1.29, 1.82) is 0 Å². The van der Waals surface area contributed by atoms with Gasteiger partial charge < -0.3 is 14.2 Å². The number of thiophene rings is 1. The van der Waals surface area contributed by atoms with Crippen molar-refractivity contribution < 1.29 is 14.2 Å². The van der Waals surface area contributed by atoms with E-state index >= 15 is 0 Å². The van der Waals surface area contributed by atoms with Gasteiger partial charge in [-0.05, 0) is 12.5 Å². The van der Waals surface area contributed by atoms with E-state index < -0.39 is 4.33 Å². The summed E-state index contributed by atoms with van der Waals surface area (Å²) in [4.78, 5) is 0. The summed E-state index contributed by atoms with van der Waals surface area (Å²) in [6.45, 7) is 0.535. The Hall–Kier alpha value is -0.840. The van der Waals surface area contributed by atoms with Crippen LogP contribution in [-0.2, 0) is 0 Å². The van der Waals surface area contributed by atoms with E-state index in [1.807, 2.05) is 17.5 Å². The van der Waals surface area contributed by atoms with Gasteiger partial charge in [0.25, 0.3) is 0 Å². The molecule has 0 aliphatic heterocycles. The van der Waals surface area contributed by atoms with Gasteiger partial charge in [-0.3, -0.25) is 0 Å². The van der Waals surface area contributed by atoms with E-state index in [2.05, 4.69) is 0 Å². The van der Waals surface area contributed by atoms with Crippen molar-refractivity contribution in [3.8, 4) is 17.2 Å². The van der Waals surface area contributed by atoms with Gasteiger partial charge in [-0.1, -0.05) is 0 Å². The van der Waals surface area contributed by atoms with Crippen LogP contribution in [0, 0.1) is 5.92 Å². The van der Waals surface area contributed by atoms with Crippen LogP contribution in [-0.4, -0.2) is 25.2 Å². The Morgan fingerprint density at radius 1 is 1.20 bits per heavy atom. The maximum atomic E-state index is 6.00. The molecule has 1 fully saturated rings. The summed E-state index contributed by atoms with van der Waals surface area (Å²) in [5, 5.41) is 3.00. The topological polar surface area (TPSA) is 27.7 Å². The highest BCUT2D eigenvalue weighted by atomic mass is 35.5. The molecule has 1 heterocycles. The van der Waals surface area contributed by atoms with Crippen LogP contribution in [0.1, 0.15) is 6.42 Å². The fourth-order valence-electron chi connectivity index (χ4n) is 2.08. The van der Waals surface area contributed by atoms with Crippen LogP contribution in [0.25, 0.3) is 10.1 Å². The minimum atomic E-state index is -0.604. The molecule has 108 valence electrons. The van der Waals surface area contributed by atoms with E-state index in [1.165, 1.54) is 0 Å². The summed E-state index contributed by atoms with van der Waals surface area (Å²) in [6, 6.07) is 3.89. The summed E-state index contributed by atoms with van der Waals surface area (Å²) in [6.07, 6.45) is 0.787. The summed E-state index contributed by atoms with van der Waals surface area (Å²) in [5.74, 6) is 2.46. The third-order valence-electron chi connectivity index (χ3n) is 3.44. The maximum Gasteiger partial charge on any atom is 0.162 e. The SMILES string of the molecule is COc1cc2scc(OCC3CC3(Cl)Cl)c2cc1OC. The molecule has 1 aromatic heterocycles. The fourth-order valence-corrected chi connectivity index (χ4v) is 3.47. The quantitative estimate of drug-likeness (QED) is 0.755. The zero-order valence-corrected chi connectivity index (χ0v) is 13.4. The number of alkyl halides is 2. The van der Waals surface area contributed by atoms with Crippen LogP contribution < -0.4 is 14.2 Å². The van der Waals surface area contributed by atoms with Crippen molar-refractivity contribution in [3.05, 3.63) is 17.5 Å². The predicted molar refractivity (Wildman–Crippen MR) is 83.0 cm³/mol. The van der Waals surface area contributed by atoms with Gasteiger partial charge in [-0.25, -0.2) is 0 Å². The standard InChI is InChI=1S/C14H14Cl2O3S/c1-17-10-3-9-12(19-6-8-5-14(8,15)16)7-20-13(9)4-11(10)18-2/h3-4,7-8H,5-6H2,1-2H3. The lowest BCUT2D eigenvalue weighted by molar-refractivity contribution is 0.303. The number of rotatable bonds is 5. The van der Waals surface area contributed by atoms with Gasteiger partial charge in [-0.15, -0.1) is 34.5 Å². The molecule has 1 atom stereocenters. The lowest BCUT2D eigenvalue weighted by atomic mass is 10.2. The van der Waals surface area contributed by atoms with Gasteiger partial charge in [0.2, 0.25) is 0 Å². The first-order chi connectivity index (χ1) is 9.55. The lowest BCUT2D eigenvalue weighted by Gasteiger charge is -2.09. The van der Waals surface area contributed by atoms with Crippen molar-refractivity contribution in [1.82, 2.24) is 0 Å². The molecule has 0 N–H and O–H groups in total. The summed E-state index contributed by atoms with van der Waals surface area (Å²) in [7, 11) is 3.25. The Morgan fingerprint density at radius 2 is 1.85 bits per heavy atom. The van der Waals surface area contributed by atoms with Crippen molar-refractivity contribution in [2.75, 3.05) is 20.8 Å². The Kier molecular flexibility index (Phi) is 3.65. The lowest BCUT2D eigenvalue weighted by Crippen LogP contribution is -2.03.